The molecule has 4 heteroatoms. The zero-order valence-corrected chi connectivity index (χ0v) is 16.8. The van der Waals surface area contributed by atoms with Gasteiger partial charge in [0.2, 0.25) is 7.37 Å². The highest BCUT2D eigenvalue weighted by atomic mass is 31.2. The van der Waals surface area contributed by atoms with Gasteiger partial charge in [0.1, 0.15) is 0 Å². The Kier molecular flexibility index (Phi) is 17.1. The first-order valence-corrected chi connectivity index (χ1v) is 12.1. The average molecular weight is 348 g/mol. The predicted molar refractivity (Wildman–Crippen MR) is 104 cm³/mol. The third-order valence-electron chi connectivity index (χ3n) is 4.38. The van der Waals surface area contributed by atoms with Gasteiger partial charge in [0.15, 0.2) is 0 Å². The summed E-state index contributed by atoms with van der Waals surface area (Å²) in [6.07, 6.45) is 17.5. The molecule has 23 heavy (non-hydrogen) atoms. The van der Waals surface area contributed by atoms with Gasteiger partial charge in [0, 0.05) is 12.3 Å². The van der Waals surface area contributed by atoms with E-state index in [1.165, 1.54) is 57.8 Å². The lowest BCUT2D eigenvalue weighted by Gasteiger charge is -2.18. The van der Waals surface area contributed by atoms with Crippen molar-refractivity contribution >= 4 is 7.37 Å². The quantitative estimate of drug-likeness (QED) is 0.232. The van der Waals surface area contributed by atoms with E-state index >= 15 is 0 Å². The van der Waals surface area contributed by atoms with Crippen LogP contribution in [-0.2, 0) is 9.09 Å². The maximum atomic E-state index is 12.7. The first-order chi connectivity index (χ1) is 11.2. The van der Waals surface area contributed by atoms with Gasteiger partial charge in [-0.2, -0.15) is 0 Å². The van der Waals surface area contributed by atoms with Crippen LogP contribution in [0.4, 0.5) is 0 Å². The third-order valence-corrected chi connectivity index (χ3v) is 7.03. The van der Waals surface area contributed by atoms with Gasteiger partial charge in [-0.05, 0) is 25.8 Å². The Hall–Kier alpha value is 0.150. The Morgan fingerprint density at radius 2 is 1.17 bits per heavy atom. The largest absolute Gasteiger partial charge is 0.330 e. The Morgan fingerprint density at radius 1 is 0.696 bits per heavy atom. The molecule has 0 aliphatic heterocycles. The first kappa shape index (κ1) is 23.1. The maximum absolute atomic E-state index is 12.7. The van der Waals surface area contributed by atoms with Crippen LogP contribution in [0.2, 0.25) is 0 Å². The zero-order valence-electron chi connectivity index (χ0n) is 15.9. The molecule has 0 aliphatic carbocycles. The van der Waals surface area contributed by atoms with Crippen LogP contribution >= 0.6 is 7.37 Å². The maximum Gasteiger partial charge on any atom is 0.203 e. The number of nitrogens with two attached hydrogens (primary N) is 1. The molecule has 1 atom stereocenters. The molecule has 140 valence electrons. The summed E-state index contributed by atoms with van der Waals surface area (Å²) in [6.45, 7) is 5.68. The monoisotopic (exact) mass is 347 g/mol. The molecule has 0 fully saturated rings. The molecule has 0 rings (SSSR count). The Labute approximate surface area is 145 Å². The predicted octanol–water partition coefficient (Wildman–Crippen LogP) is 6.35. The zero-order chi connectivity index (χ0) is 17.2. The Morgan fingerprint density at radius 3 is 1.70 bits per heavy atom. The van der Waals surface area contributed by atoms with E-state index in [-0.39, 0.29) is 0 Å². The molecular weight excluding hydrogens is 305 g/mol. The van der Waals surface area contributed by atoms with Gasteiger partial charge in [-0.25, -0.2) is 0 Å². The first-order valence-electron chi connectivity index (χ1n) is 10.1. The minimum atomic E-state index is -2.41. The van der Waals surface area contributed by atoms with Crippen molar-refractivity contribution in [3.05, 3.63) is 0 Å². The number of rotatable bonds is 18. The number of unbranched alkanes of at least 4 members (excludes halogenated alkanes) is 10. The fourth-order valence-electron chi connectivity index (χ4n) is 2.79. The van der Waals surface area contributed by atoms with E-state index in [2.05, 4.69) is 13.8 Å². The van der Waals surface area contributed by atoms with Crippen LogP contribution in [0, 0.1) is 0 Å². The van der Waals surface area contributed by atoms with Gasteiger partial charge in [0.25, 0.3) is 0 Å². The van der Waals surface area contributed by atoms with Gasteiger partial charge in [-0.1, -0.05) is 78.1 Å². The summed E-state index contributed by atoms with van der Waals surface area (Å²) in [5.74, 6) is 0. The van der Waals surface area contributed by atoms with E-state index < -0.39 is 7.37 Å². The molecule has 0 amide bonds. The summed E-state index contributed by atoms with van der Waals surface area (Å²) in [7, 11) is -2.41. The summed E-state index contributed by atoms with van der Waals surface area (Å²) >= 11 is 0. The molecule has 0 aromatic rings. The van der Waals surface area contributed by atoms with Crippen molar-refractivity contribution in [3.8, 4) is 0 Å². The fourth-order valence-corrected chi connectivity index (χ4v) is 5.20. The van der Waals surface area contributed by atoms with E-state index in [4.69, 9.17) is 10.3 Å². The minimum Gasteiger partial charge on any atom is -0.330 e. The van der Waals surface area contributed by atoms with Crippen LogP contribution in [0.1, 0.15) is 97.3 Å². The number of hydrogen-bond donors (Lipinski definition) is 1. The number of hydrogen-bond acceptors (Lipinski definition) is 3. The second kappa shape index (κ2) is 17.0. The van der Waals surface area contributed by atoms with Crippen LogP contribution in [0.5, 0.6) is 0 Å². The van der Waals surface area contributed by atoms with Gasteiger partial charge in [0.05, 0.1) is 6.61 Å². The second-order valence-corrected chi connectivity index (χ2v) is 9.55. The molecule has 0 aromatic carbocycles. The summed E-state index contributed by atoms with van der Waals surface area (Å²) in [5, 5.41) is 0. The van der Waals surface area contributed by atoms with Crippen LogP contribution < -0.4 is 5.73 Å². The molecule has 2 N–H and O–H groups in total. The Balaban J connectivity index is 3.56. The smallest absolute Gasteiger partial charge is 0.203 e. The van der Waals surface area contributed by atoms with E-state index in [1.54, 1.807) is 0 Å². The highest BCUT2D eigenvalue weighted by Crippen LogP contribution is 2.48. The van der Waals surface area contributed by atoms with Crippen molar-refractivity contribution in [2.45, 2.75) is 97.3 Å². The fraction of sp³-hybridized carbons (Fsp3) is 1.00. The van der Waals surface area contributed by atoms with E-state index in [0.29, 0.717) is 19.3 Å². The lowest BCUT2D eigenvalue weighted by Crippen LogP contribution is -2.07. The molecule has 0 radical (unpaired) electrons. The van der Waals surface area contributed by atoms with E-state index in [9.17, 15) is 4.57 Å². The van der Waals surface area contributed by atoms with Gasteiger partial charge in [-0.15, -0.1) is 0 Å². The van der Waals surface area contributed by atoms with Crippen molar-refractivity contribution in [2.75, 3.05) is 25.5 Å². The van der Waals surface area contributed by atoms with Gasteiger partial charge >= 0.3 is 0 Å². The summed E-state index contributed by atoms with van der Waals surface area (Å²) in [6, 6.07) is 0. The van der Waals surface area contributed by atoms with E-state index in [0.717, 1.165) is 31.8 Å². The molecule has 1 unspecified atom stereocenters. The lowest BCUT2D eigenvalue weighted by atomic mass is 10.1. The van der Waals surface area contributed by atoms with Crippen molar-refractivity contribution in [3.63, 3.8) is 0 Å². The van der Waals surface area contributed by atoms with Crippen molar-refractivity contribution in [2.24, 2.45) is 5.73 Å². The molecule has 0 bridgehead atoms. The summed E-state index contributed by atoms with van der Waals surface area (Å²) in [4.78, 5) is 0. The minimum absolute atomic E-state index is 0.609. The standard InChI is InChI=1S/C19H42NO2P/c1-3-5-7-8-9-10-11-12-13-14-17-22-23(21,18-6-4-2)19-15-16-20/h3-20H2,1-2H3. The molecule has 0 spiro atoms. The molecular formula is C19H42NO2P. The van der Waals surface area contributed by atoms with Gasteiger partial charge in [-0.3, -0.25) is 4.57 Å². The normalized spacial score (nSPS) is 14.0. The van der Waals surface area contributed by atoms with Crippen LogP contribution in [0.15, 0.2) is 0 Å². The summed E-state index contributed by atoms with van der Waals surface area (Å²) < 4.78 is 18.5. The van der Waals surface area contributed by atoms with Crippen LogP contribution in [0.3, 0.4) is 0 Å². The van der Waals surface area contributed by atoms with Crippen molar-refractivity contribution in [1.82, 2.24) is 0 Å². The highest BCUT2D eigenvalue weighted by Gasteiger charge is 2.21. The lowest BCUT2D eigenvalue weighted by molar-refractivity contribution is 0.300. The molecule has 0 heterocycles. The topological polar surface area (TPSA) is 52.3 Å². The SMILES string of the molecule is CCCCCCCCCCCCOP(=O)(CCCC)CCCN. The second-order valence-electron chi connectivity index (χ2n) is 6.77. The van der Waals surface area contributed by atoms with Crippen molar-refractivity contribution in [1.29, 1.82) is 0 Å². The summed E-state index contributed by atoms with van der Waals surface area (Å²) in [5.41, 5.74) is 5.55. The molecule has 0 saturated carbocycles. The van der Waals surface area contributed by atoms with Crippen LogP contribution in [-0.4, -0.2) is 25.5 Å². The van der Waals surface area contributed by atoms with Crippen LogP contribution in [0.25, 0.3) is 0 Å². The Bertz CT molecular complexity index is 273. The van der Waals surface area contributed by atoms with Gasteiger partial charge < -0.3 is 10.3 Å². The third kappa shape index (κ3) is 15.4. The molecule has 0 saturated heterocycles. The molecule has 0 aromatic heterocycles. The average Bonchev–Trinajstić information content (AvgIpc) is 2.56. The molecule has 0 aliphatic rings. The highest BCUT2D eigenvalue weighted by molar-refractivity contribution is 7.58. The van der Waals surface area contributed by atoms with Crippen molar-refractivity contribution < 1.29 is 9.09 Å². The molecule has 3 nitrogen and oxygen atoms in total. The van der Waals surface area contributed by atoms with E-state index in [1.807, 2.05) is 0 Å².